The number of nitrogens with zero attached hydrogens (tertiary/aromatic N) is 5. The van der Waals surface area contributed by atoms with Crippen LogP contribution in [0.1, 0.15) is 18.2 Å². The van der Waals surface area contributed by atoms with Crippen LogP contribution in [0.3, 0.4) is 0 Å². The van der Waals surface area contributed by atoms with Crippen LogP contribution >= 0.6 is 0 Å². The summed E-state index contributed by atoms with van der Waals surface area (Å²) in [6.07, 6.45) is 2.34. The normalized spacial score (nSPS) is 11.5. The van der Waals surface area contributed by atoms with E-state index in [-0.39, 0.29) is 18.2 Å². The monoisotopic (exact) mass is 457 g/mol. The predicted molar refractivity (Wildman–Crippen MR) is 124 cm³/mol. The van der Waals surface area contributed by atoms with Crippen molar-refractivity contribution in [2.45, 2.75) is 26.4 Å². The van der Waals surface area contributed by atoms with Crippen LogP contribution in [0.4, 0.5) is 4.79 Å². The first-order valence-corrected chi connectivity index (χ1v) is 10.6. The number of pyridine rings is 1. The van der Waals surface area contributed by atoms with Gasteiger partial charge in [0.05, 0.1) is 17.9 Å². The van der Waals surface area contributed by atoms with Gasteiger partial charge in [0.2, 0.25) is 5.91 Å². The average Bonchev–Trinajstić information content (AvgIpc) is 3.38. The van der Waals surface area contributed by atoms with Crippen LogP contribution in [0.25, 0.3) is 16.8 Å². The van der Waals surface area contributed by atoms with Crippen molar-refractivity contribution in [3.63, 3.8) is 0 Å². The molecule has 1 atom stereocenters. The molecule has 34 heavy (non-hydrogen) atoms. The second-order valence-electron chi connectivity index (χ2n) is 7.63. The van der Waals surface area contributed by atoms with Crippen molar-refractivity contribution >= 4 is 12.0 Å². The van der Waals surface area contributed by atoms with E-state index in [1.807, 2.05) is 43.3 Å². The lowest BCUT2D eigenvalue weighted by Crippen LogP contribution is -2.45. The van der Waals surface area contributed by atoms with Gasteiger partial charge in [0.25, 0.3) is 0 Å². The molecular weight excluding hydrogens is 434 g/mol. The Morgan fingerprint density at radius 3 is 2.59 bits per heavy atom. The molecule has 2 aromatic heterocycles. The van der Waals surface area contributed by atoms with Crippen molar-refractivity contribution < 1.29 is 14.3 Å². The lowest BCUT2D eigenvalue weighted by Gasteiger charge is -2.15. The molecule has 10 nitrogen and oxygen atoms in total. The molecule has 4 rings (SSSR count). The summed E-state index contributed by atoms with van der Waals surface area (Å²) in [7, 11) is 0. The second kappa shape index (κ2) is 10.3. The van der Waals surface area contributed by atoms with Crippen LogP contribution in [-0.2, 0) is 11.3 Å². The summed E-state index contributed by atoms with van der Waals surface area (Å²) < 4.78 is 6.97. The minimum atomic E-state index is -0.810. The molecular formula is C24H23N7O3. The molecule has 0 spiro atoms. The molecule has 2 aromatic carbocycles. The maximum Gasteiger partial charge on any atom is 0.413 e. The number of tetrazole rings is 1. The van der Waals surface area contributed by atoms with Crippen molar-refractivity contribution in [1.82, 2.24) is 35.8 Å². The van der Waals surface area contributed by atoms with Gasteiger partial charge in [-0.15, -0.1) is 5.10 Å². The number of amides is 2. The quantitative estimate of drug-likeness (QED) is 0.437. The maximum absolute atomic E-state index is 12.5. The van der Waals surface area contributed by atoms with Gasteiger partial charge in [-0.2, -0.15) is 0 Å². The maximum atomic E-state index is 12.5. The third-order valence-corrected chi connectivity index (χ3v) is 5.00. The third kappa shape index (κ3) is 5.80. The van der Waals surface area contributed by atoms with Gasteiger partial charge in [0.15, 0.2) is 0 Å². The largest absolute Gasteiger partial charge is 0.413 e. The van der Waals surface area contributed by atoms with Gasteiger partial charge >= 0.3 is 6.09 Å². The highest BCUT2D eigenvalue weighted by atomic mass is 16.6. The van der Waals surface area contributed by atoms with Crippen molar-refractivity contribution in [2.24, 2.45) is 0 Å². The van der Waals surface area contributed by atoms with E-state index in [0.29, 0.717) is 11.4 Å². The Kier molecular flexibility index (Phi) is 6.87. The molecule has 0 bridgehead atoms. The fourth-order valence-electron chi connectivity index (χ4n) is 3.18. The number of ether oxygens (including phenoxy) is 1. The first-order chi connectivity index (χ1) is 16.5. The van der Waals surface area contributed by atoms with Gasteiger partial charge in [-0.05, 0) is 59.7 Å². The number of carbonyl (C=O) groups excluding carboxylic acids is 2. The summed E-state index contributed by atoms with van der Waals surface area (Å²) in [5.74, 6) is -0.0763. The molecule has 4 aromatic rings. The lowest BCUT2D eigenvalue weighted by molar-refractivity contribution is -0.122. The first-order valence-electron chi connectivity index (χ1n) is 10.6. The van der Waals surface area contributed by atoms with Crippen LogP contribution in [0, 0.1) is 6.92 Å². The number of aromatic nitrogens is 5. The number of aryl methyl sites for hydroxylation is 1. The molecule has 0 aliphatic carbocycles. The van der Waals surface area contributed by atoms with Crippen molar-refractivity contribution in [3.8, 4) is 22.6 Å². The van der Waals surface area contributed by atoms with Crippen LogP contribution in [0.2, 0.25) is 0 Å². The van der Waals surface area contributed by atoms with Crippen LogP contribution in [-0.4, -0.2) is 43.2 Å². The molecule has 0 fully saturated rings. The minimum Gasteiger partial charge on any atom is -0.410 e. The zero-order valence-electron chi connectivity index (χ0n) is 18.7. The summed E-state index contributed by atoms with van der Waals surface area (Å²) in [5.41, 5.74) is 4.22. The summed E-state index contributed by atoms with van der Waals surface area (Å²) in [6.45, 7) is 3.84. The number of hydrogen-bond donors (Lipinski definition) is 2. The van der Waals surface area contributed by atoms with Crippen LogP contribution in [0.15, 0.2) is 73.2 Å². The highest BCUT2D eigenvalue weighted by Crippen LogP contribution is 2.28. The standard InChI is InChI=1S/C24H23N7O3/c1-16-6-8-18(9-7-16)19-11-21(31-15-27-29-30-31)13-22(12-19)34-24(33)28-17(2)23(32)26-14-20-5-3-4-10-25-20/h3-13,15,17H,14H2,1-2H3,(H,26,32)(H,28,33). The average molecular weight is 457 g/mol. The van der Waals surface area contributed by atoms with E-state index in [1.165, 1.54) is 11.0 Å². The van der Waals surface area contributed by atoms with Gasteiger partial charge in [0.1, 0.15) is 18.1 Å². The predicted octanol–water partition coefficient (Wildman–Crippen LogP) is 2.83. The SMILES string of the molecule is Cc1ccc(-c2cc(OC(=O)NC(C)C(=O)NCc3ccccn3)cc(-n3cnnn3)c2)cc1. The topological polar surface area (TPSA) is 124 Å². The lowest BCUT2D eigenvalue weighted by atomic mass is 10.0. The molecule has 0 aliphatic heterocycles. The number of hydrogen-bond acceptors (Lipinski definition) is 7. The smallest absolute Gasteiger partial charge is 0.410 e. The first kappa shape index (κ1) is 22.6. The zero-order chi connectivity index (χ0) is 23.9. The van der Waals surface area contributed by atoms with Gasteiger partial charge in [0, 0.05) is 12.3 Å². The molecule has 10 heteroatoms. The van der Waals surface area contributed by atoms with Gasteiger partial charge in [-0.3, -0.25) is 9.78 Å². The molecule has 172 valence electrons. The molecule has 1 unspecified atom stereocenters. The van der Waals surface area contributed by atoms with Gasteiger partial charge in [-0.1, -0.05) is 35.9 Å². The summed E-state index contributed by atoms with van der Waals surface area (Å²) in [5, 5.41) is 16.5. The Balaban J connectivity index is 1.46. The molecule has 2 heterocycles. The molecule has 0 radical (unpaired) electrons. The Bertz CT molecular complexity index is 1260. The number of carbonyl (C=O) groups is 2. The zero-order valence-corrected chi connectivity index (χ0v) is 18.7. The van der Waals surface area contributed by atoms with Crippen molar-refractivity contribution in [2.75, 3.05) is 0 Å². The highest BCUT2D eigenvalue weighted by molar-refractivity contribution is 5.85. The van der Waals surface area contributed by atoms with Gasteiger partial charge in [-0.25, -0.2) is 9.48 Å². The Labute approximate surface area is 196 Å². The Morgan fingerprint density at radius 1 is 1.06 bits per heavy atom. The molecule has 2 amide bonds. The summed E-state index contributed by atoms with van der Waals surface area (Å²) in [6, 6.07) is 17.8. The fourth-order valence-corrected chi connectivity index (χ4v) is 3.18. The number of nitrogens with one attached hydrogen (secondary N) is 2. The number of rotatable bonds is 7. The van der Waals surface area contributed by atoms with E-state index in [2.05, 4.69) is 31.1 Å². The van der Waals surface area contributed by atoms with E-state index in [9.17, 15) is 9.59 Å². The second-order valence-corrected chi connectivity index (χ2v) is 7.63. The Hall–Kier alpha value is -4.60. The number of benzene rings is 2. The van der Waals surface area contributed by atoms with Crippen molar-refractivity contribution in [3.05, 3.63) is 84.4 Å². The molecule has 0 saturated heterocycles. The highest BCUT2D eigenvalue weighted by Gasteiger charge is 2.17. The van der Waals surface area contributed by atoms with E-state index >= 15 is 0 Å². The fraction of sp³-hybridized carbons (Fsp3) is 0.167. The summed E-state index contributed by atoms with van der Waals surface area (Å²) >= 11 is 0. The minimum absolute atomic E-state index is 0.259. The summed E-state index contributed by atoms with van der Waals surface area (Å²) in [4.78, 5) is 29.0. The third-order valence-electron chi connectivity index (χ3n) is 5.00. The molecule has 2 N–H and O–H groups in total. The molecule has 0 aliphatic rings. The molecule has 0 saturated carbocycles. The van der Waals surface area contributed by atoms with E-state index in [1.54, 1.807) is 37.4 Å². The van der Waals surface area contributed by atoms with Gasteiger partial charge < -0.3 is 15.4 Å². The van der Waals surface area contributed by atoms with E-state index in [0.717, 1.165) is 16.7 Å². The Morgan fingerprint density at radius 2 is 1.88 bits per heavy atom. The van der Waals surface area contributed by atoms with Crippen molar-refractivity contribution in [1.29, 1.82) is 0 Å². The van der Waals surface area contributed by atoms with Crippen LogP contribution < -0.4 is 15.4 Å². The van der Waals surface area contributed by atoms with E-state index in [4.69, 9.17) is 4.74 Å². The van der Waals surface area contributed by atoms with Crippen LogP contribution in [0.5, 0.6) is 5.75 Å². The van der Waals surface area contributed by atoms with E-state index < -0.39 is 12.1 Å².